The topological polar surface area (TPSA) is 58.8 Å². The number of rotatable bonds is 4. The lowest BCUT2D eigenvalue weighted by Gasteiger charge is -2.34. The smallest absolute Gasteiger partial charge is 0.253 e. The average Bonchev–Trinajstić information content (AvgIpc) is 2.62. The molecule has 24 heavy (non-hydrogen) atoms. The fourth-order valence-corrected chi connectivity index (χ4v) is 2.97. The van der Waals surface area contributed by atoms with Gasteiger partial charge in [-0.25, -0.2) is 0 Å². The highest BCUT2D eigenvalue weighted by Gasteiger charge is 2.22. The highest BCUT2D eigenvalue weighted by Crippen LogP contribution is 2.16. The van der Waals surface area contributed by atoms with E-state index >= 15 is 0 Å². The number of nitrogens with zero attached hydrogens (tertiary/aromatic N) is 2. The minimum Gasteiger partial charge on any atom is -0.497 e. The van der Waals surface area contributed by atoms with Crippen molar-refractivity contribution in [3.63, 3.8) is 0 Å². The summed E-state index contributed by atoms with van der Waals surface area (Å²) in [6.07, 6.45) is 0. The Labute approximate surface area is 142 Å². The van der Waals surface area contributed by atoms with Crippen LogP contribution in [-0.2, 0) is 6.54 Å². The number of hydrogen-bond acceptors (Lipinski definition) is 4. The van der Waals surface area contributed by atoms with E-state index in [1.807, 2.05) is 47.4 Å². The SMILES string of the molecule is COc1ccc(C(=O)N2CCN(Cc3cccc(N)c3)CC2)cc1. The fourth-order valence-electron chi connectivity index (χ4n) is 2.97. The van der Waals surface area contributed by atoms with Crippen LogP contribution in [0.1, 0.15) is 15.9 Å². The minimum atomic E-state index is 0.0845. The lowest BCUT2D eigenvalue weighted by molar-refractivity contribution is 0.0628. The predicted octanol–water partition coefficient (Wildman–Crippen LogP) is 2.24. The van der Waals surface area contributed by atoms with Gasteiger partial charge in [-0.1, -0.05) is 12.1 Å². The number of carbonyl (C=O) groups is 1. The number of piperazine rings is 1. The number of anilines is 1. The molecule has 2 aromatic rings. The minimum absolute atomic E-state index is 0.0845. The number of benzene rings is 2. The Hall–Kier alpha value is -2.53. The van der Waals surface area contributed by atoms with Crippen LogP contribution in [0.3, 0.4) is 0 Å². The Morgan fingerprint density at radius 1 is 1.08 bits per heavy atom. The van der Waals surface area contributed by atoms with Crippen molar-refractivity contribution in [1.82, 2.24) is 9.80 Å². The van der Waals surface area contributed by atoms with Gasteiger partial charge in [0.1, 0.15) is 5.75 Å². The molecule has 126 valence electrons. The summed E-state index contributed by atoms with van der Waals surface area (Å²) in [6.45, 7) is 4.10. The van der Waals surface area contributed by atoms with Crippen molar-refractivity contribution >= 4 is 11.6 Å². The monoisotopic (exact) mass is 325 g/mol. The van der Waals surface area contributed by atoms with Gasteiger partial charge < -0.3 is 15.4 Å². The lowest BCUT2D eigenvalue weighted by atomic mass is 10.1. The van der Waals surface area contributed by atoms with Gasteiger partial charge in [-0.15, -0.1) is 0 Å². The number of hydrogen-bond donors (Lipinski definition) is 1. The van der Waals surface area contributed by atoms with Gasteiger partial charge >= 0.3 is 0 Å². The summed E-state index contributed by atoms with van der Waals surface area (Å²) in [5.41, 5.74) is 8.54. The second-order valence-corrected chi connectivity index (χ2v) is 6.04. The van der Waals surface area contributed by atoms with Crippen LogP contribution in [0, 0.1) is 0 Å². The van der Waals surface area contributed by atoms with Gasteiger partial charge in [-0.2, -0.15) is 0 Å². The summed E-state index contributed by atoms with van der Waals surface area (Å²) < 4.78 is 5.13. The molecule has 0 saturated carbocycles. The van der Waals surface area contributed by atoms with Crippen molar-refractivity contribution in [1.29, 1.82) is 0 Å². The Balaban J connectivity index is 1.55. The molecule has 1 heterocycles. The summed E-state index contributed by atoms with van der Waals surface area (Å²) in [5, 5.41) is 0. The van der Waals surface area contributed by atoms with Crippen LogP contribution in [-0.4, -0.2) is 49.0 Å². The molecular formula is C19H23N3O2. The standard InChI is InChI=1S/C19H23N3O2/c1-24-18-7-5-16(6-8-18)19(23)22-11-9-21(10-12-22)14-15-3-2-4-17(20)13-15/h2-8,13H,9-12,14,20H2,1H3. The molecule has 1 amide bonds. The van der Waals surface area contributed by atoms with Gasteiger partial charge in [-0.05, 0) is 42.0 Å². The quantitative estimate of drug-likeness (QED) is 0.876. The Morgan fingerprint density at radius 3 is 2.42 bits per heavy atom. The zero-order chi connectivity index (χ0) is 16.9. The molecule has 1 aliphatic heterocycles. The lowest BCUT2D eigenvalue weighted by Crippen LogP contribution is -2.48. The first-order valence-corrected chi connectivity index (χ1v) is 8.16. The van der Waals surface area contributed by atoms with Gasteiger partial charge in [0.2, 0.25) is 0 Å². The van der Waals surface area contributed by atoms with E-state index in [0.29, 0.717) is 5.56 Å². The molecule has 5 heteroatoms. The van der Waals surface area contributed by atoms with E-state index in [2.05, 4.69) is 11.0 Å². The maximum absolute atomic E-state index is 12.6. The maximum atomic E-state index is 12.6. The number of carbonyl (C=O) groups excluding carboxylic acids is 1. The summed E-state index contributed by atoms with van der Waals surface area (Å²) in [7, 11) is 1.62. The van der Waals surface area contributed by atoms with Crippen LogP contribution < -0.4 is 10.5 Å². The van der Waals surface area contributed by atoms with Crippen molar-refractivity contribution in [2.75, 3.05) is 39.0 Å². The van der Waals surface area contributed by atoms with Gasteiger partial charge in [0.15, 0.2) is 0 Å². The van der Waals surface area contributed by atoms with E-state index in [0.717, 1.165) is 44.2 Å². The Bertz CT molecular complexity index is 692. The molecular weight excluding hydrogens is 302 g/mol. The fraction of sp³-hybridized carbons (Fsp3) is 0.316. The highest BCUT2D eigenvalue weighted by atomic mass is 16.5. The zero-order valence-corrected chi connectivity index (χ0v) is 13.9. The summed E-state index contributed by atoms with van der Waals surface area (Å²) >= 11 is 0. The van der Waals surface area contributed by atoms with Crippen LogP contribution in [0.4, 0.5) is 5.69 Å². The van der Waals surface area contributed by atoms with Crippen molar-refractivity contribution < 1.29 is 9.53 Å². The van der Waals surface area contributed by atoms with Crippen LogP contribution in [0.25, 0.3) is 0 Å². The van der Waals surface area contributed by atoms with Crippen LogP contribution in [0.5, 0.6) is 5.75 Å². The molecule has 0 atom stereocenters. The largest absolute Gasteiger partial charge is 0.497 e. The molecule has 0 aromatic heterocycles. The van der Waals surface area contributed by atoms with E-state index in [9.17, 15) is 4.79 Å². The van der Waals surface area contributed by atoms with Crippen molar-refractivity contribution in [2.24, 2.45) is 0 Å². The van der Waals surface area contributed by atoms with Crippen molar-refractivity contribution in [2.45, 2.75) is 6.54 Å². The van der Waals surface area contributed by atoms with E-state index in [-0.39, 0.29) is 5.91 Å². The van der Waals surface area contributed by atoms with Crippen molar-refractivity contribution in [3.05, 3.63) is 59.7 Å². The van der Waals surface area contributed by atoms with Crippen LogP contribution in [0.2, 0.25) is 0 Å². The first kappa shape index (κ1) is 16.3. The molecule has 1 aliphatic rings. The molecule has 2 aromatic carbocycles. The second-order valence-electron chi connectivity index (χ2n) is 6.04. The summed E-state index contributed by atoms with van der Waals surface area (Å²) in [5.74, 6) is 0.847. The second kappa shape index (κ2) is 7.36. The molecule has 2 N–H and O–H groups in total. The molecule has 1 fully saturated rings. The van der Waals surface area contributed by atoms with Crippen LogP contribution >= 0.6 is 0 Å². The highest BCUT2D eigenvalue weighted by molar-refractivity contribution is 5.94. The first-order valence-electron chi connectivity index (χ1n) is 8.16. The number of ether oxygens (including phenoxy) is 1. The average molecular weight is 325 g/mol. The predicted molar refractivity (Wildman–Crippen MR) is 95.0 cm³/mol. The molecule has 1 saturated heterocycles. The normalized spacial score (nSPS) is 15.3. The third-order valence-corrected chi connectivity index (χ3v) is 4.35. The number of methoxy groups -OCH3 is 1. The maximum Gasteiger partial charge on any atom is 0.253 e. The first-order chi connectivity index (χ1) is 11.7. The third kappa shape index (κ3) is 3.86. The third-order valence-electron chi connectivity index (χ3n) is 4.35. The molecule has 3 rings (SSSR count). The molecule has 0 aliphatic carbocycles. The van der Waals surface area contributed by atoms with Gasteiger partial charge in [0, 0.05) is 44.0 Å². The van der Waals surface area contributed by atoms with E-state index < -0.39 is 0 Å². The number of nitrogens with two attached hydrogens (primary N) is 1. The Morgan fingerprint density at radius 2 is 1.79 bits per heavy atom. The Kier molecular flexibility index (Phi) is 5.01. The van der Waals surface area contributed by atoms with E-state index in [1.165, 1.54) is 5.56 Å². The number of amides is 1. The molecule has 0 radical (unpaired) electrons. The van der Waals surface area contributed by atoms with Gasteiger partial charge in [0.05, 0.1) is 7.11 Å². The van der Waals surface area contributed by atoms with Gasteiger partial charge in [0.25, 0.3) is 5.91 Å². The molecule has 0 unspecified atom stereocenters. The molecule has 5 nitrogen and oxygen atoms in total. The summed E-state index contributed by atoms with van der Waals surface area (Å²) in [6, 6.07) is 15.3. The summed E-state index contributed by atoms with van der Waals surface area (Å²) in [4.78, 5) is 16.8. The number of nitrogen functional groups attached to an aromatic ring is 1. The zero-order valence-electron chi connectivity index (χ0n) is 13.9. The van der Waals surface area contributed by atoms with Gasteiger partial charge in [-0.3, -0.25) is 9.69 Å². The van der Waals surface area contributed by atoms with Crippen LogP contribution in [0.15, 0.2) is 48.5 Å². The van der Waals surface area contributed by atoms with E-state index in [4.69, 9.17) is 10.5 Å². The molecule has 0 bridgehead atoms. The van der Waals surface area contributed by atoms with Crippen molar-refractivity contribution in [3.8, 4) is 5.75 Å². The van der Waals surface area contributed by atoms with E-state index in [1.54, 1.807) is 7.11 Å². The molecule has 0 spiro atoms.